The largest absolute Gasteiger partial charge is 0.288 e. The standard InChI is InChI=1S/C16H9FN4OS/c17-14-6-11(1-2-15(14)21-10-19-9-20-21)5-13(7-18)16(22)12-3-4-23-8-12/h1-6,8-10H. The number of rotatable bonds is 4. The van der Waals surface area contributed by atoms with Crippen molar-refractivity contribution >= 4 is 23.2 Å². The van der Waals surface area contributed by atoms with Crippen molar-refractivity contribution in [2.45, 2.75) is 0 Å². The number of nitriles is 1. The first kappa shape index (κ1) is 14.8. The number of allylic oxidation sites excluding steroid dienone is 1. The minimum Gasteiger partial charge on any atom is -0.288 e. The van der Waals surface area contributed by atoms with Crippen LogP contribution in [0, 0.1) is 17.1 Å². The number of hydrogen-bond donors (Lipinski definition) is 0. The van der Waals surface area contributed by atoms with Gasteiger partial charge in [-0.2, -0.15) is 21.7 Å². The molecule has 1 aromatic carbocycles. The molecule has 112 valence electrons. The highest BCUT2D eigenvalue weighted by atomic mass is 32.1. The second kappa shape index (κ2) is 6.34. The van der Waals surface area contributed by atoms with E-state index < -0.39 is 5.82 Å². The number of ketones is 1. The quantitative estimate of drug-likeness (QED) is 0.419. The van der Waals surface area contributed by atoms with Crippen LogP contribution in [0.3, 0.4) is 0 Å². The minimum absolute atomic E-state index is 0.0451. The predicted octanol–water partition coefficient (Wildman–Crippen LogP) is 3.26. The number of benzene rings is 1. The molecule has 0 atom stereocenters. The van der Waals surface area contributed by atoms with E-state index in [9.17, 15) is 14.4 Å². The van der Waals surface area contributed by atoms with Crippen molar-refractivity contribution in [3.05, 3.63) is 70.2 Å². The van der Waals surface area contributed by atoms with Gasteiger partial charge in [0.2, 0.25) is 5.78 Å². The highest BCUT2D eigenvalue weighted by Gasteiger charge is 2.13. The minimum atomic E-state index is -0.524. The summed E-state index contributed by atoms with van der Waals surface area (Å²) in [6.45, 7) is 0. The zero-order valence-corrected chi connectivity index (χ0v) is 12.5. The lowest BCUT2D eigenvalue weighted by Gasteiger charge is -2.04. The zero-order valence-electron chi connectivity index (χ0n) is 11.7. The Morgan fingerprint density at radius 3 is 2.87 bits per heavy atom. The van der Waals surface area contributed by atoms with Crippen molar-refractivity contribution in [3.8, 4) is 11.8 Å². The molecule has 7 heteroatoms. The topological polar surface area (TPSA) is 71.6 Å². The fourth-order valence-electron chi connectivity index (χ4n) is 2.00. The molecule has 0 bridgehead atoms. The lowest BCUT2D eigenvalue weighted by Crippen LogP contribution is -2.01. The summed E-state index contributed by atoms with van der Waals surface area (Å²) in [5, 5.41) is 16.5. The maximum Gasteiger partial charge on any atom is 0.204 e. The summed E-state index contributed by atoms with van der Waals surface area (Å²) >= 11 is 1.37. The van der Waals surface area contributed by atoms with Gasteiger partial charge in [-0.15, -0.1) is 0 Å². The van der Waals surface area contributed by atoms with Gasteiger partial charge in [-0.3, -0.25) is 4.79 Å². The van der Waals surface area contributed by atoms with Crippen molar-refractivity contribution in [1.29, 1.82) is 5.26 Å². The van der Waals surface area contributed by atoms with Crippen LogP contribution >= 0.6 is 11.3 Å². The van der Waals surface area contributed by atoms with Crippen molar-refractivity contribution in [3.63, 3.8) is 0 Å². The molecule has 0 saturated heterocycles. The first-order valence-corrected chi connectivity index (χ1v) is 7.46. The molecular formula is C16H9FN4OS. The van der Waals surface area contributed by atoms with E-state index in [0.29, 0.717) is 11.1 Å². The van der Waals surface area contributed by atoms with Crippen LogP contribution in [-0.4, -0.2) is 20.5 Å². The maximum absolute atomic E-state index is 14.2. The van der Waals surface area contributed by atoms with Crippen LogP contribution in [-0.2, 0) is 0 Å². The van der Waals surface area contributed by atoms with E-state index in [-0.39, 0.29) is 17.0 Å². The molecule has 0 fully saturated rings. The summed E-state index contributed by atoms with van der Waals surface area (Å²) in [5.41, 5.74) is 1.06. The van der Waals surface area contributed by atoms with Gasteiger partial charge in [0.1, 0.15) is 35.8 Å². The normalized spacial score (nSPS) is 11.2. The Hall–Kier alpha value is -3.11. The second-order valence-electron chi connectivity index (χ2n) is 4.56. The molecule has 0 spiro atoms. The van der Waals surface area contributed by atoms with Gasteiger partial charge in [0, 0.05) is 10.9 Å². The highest BCUT2D eigenvalue weighted by molar-refractivity contribution is 7.08. The molecule has 3 aromatic rings. The Bertz CT molecular complexity index is 908. The first-order valence-electron chi connectivity index (χ1n) is 6.52. The average Bonchev–Trinajstić information content (AvgIpc) is 3.25. The molecule has 0 aliphatic heterocycles. The van der Waals surface area contributed by atoms with E-state index in [0.717, 1.165) is 0 Å². The van der Waals surface area contributed by atoms with E-state index >= 15 is 0 Å². The Kier molecular flexibility index (Phi) is 4.08. The molecule has 0 unspecified atom stereocenters. The summed E-state index contributed by atoms with van der Waals surface area (Å²) in [7, 11) is 0. The predicted molar refractivity (Wildman–Crippen MR) is 83.6 cm³/mol. The molecule has 0 saturated carbocycles. The Morgan fingerprint density at radius 1 is 1.39 bits per heavy atom. The average molecular weight is 324 g/mol. The van der Waals surface area contributed by atoms with Gasteiger partial charge in [0.25, 0.3) is 0 Å². The van der Waals surface area contributed by atoms with Gasteiger partial charge in [-0.05, 0) is 35.2 Å². The van der Waals surface area contributed by atoms with Crippen LogP contribution in [0.5, 0.6) is 0 Å². The molecule has 0 aliphatic carbocycles. The Balaban J connectivity index is 1.94. The Labute approximate surface area is 135 Å². The summed E-state index contributed by atoms with van der Waals surface area (Å²) in [6.07, 6.45) is 4.06. The molecule has 23 heavy (non-hydrogen) atoms. The van der Waals surface area contributed by atoms with E-state index in [4.69, 9.17) is 0 Å². The molecule has 0 radical (unpaired) electrons. The summed E-state index contributed by atoms with van der Waals surface area (Å²) in [5.74, 6) is -0.904. The van der Waals surface area contributed by atoms with E-state index in [1.54, 1.807) is 22.9 Å². The lowest BCUT2D eigenvalue weighted by atomic mass is 10.0. The van der Waals surface area contributed by atoms with Gasteiger partial charge < -0.3 is 0 Å². The number of nitrogens with zero attached hydrogens (tertiary/aromatic N) is 4. The fourth-order valence-corrected chi connectivity index (χ4v) is 2.63. The molecule has 0 amide bonds. The molecule has 2 heterocycles. The first-order chi connectivity index (χ1) is 11.2. The van der Waals surface area contributed by atoms with Crippen LogP contribution in [0.4, 0.5) is 4.39 Å². The number of carbonyl (C=O) groups excluding carboxylic acids is 1. The smallest absolute Gasteiger partial charge is 0.204 e. The van der Waals surface area contributed by atoms with Crippen LogP contribution in [0.25, 0.3) is 11.8 Å². The summed E-state index contributed by atoms with van der Waals surface area (Å²) in [4.78, 5) is 15.9. The highest BCUT2D eigenvalue weighted by Crippen LogP contribution is 2.18. The van der Waals surface area contributed by atoms with Crippen LogP contribution < -0.4 is 0 Å². The third-order valence-corrected chi connectivity index (χ3v) is 3.78. The molecule has 5 nitrogen and oxygen atoms in total. The van der Waals surface area contributed by atoms with Crippen molar-refractivity contribution in [1.82, 2.24) is 14.8 Å². The van der Waals surface area contributed by atoms with Gasteiger partial charge in [0.05, 0.1) is 0 Å². The van der Waals surface area contributed by atoms with Crippen LogP contribution in [0.2, 0.25) is 0 Å². The number of halogens is 1. The molecule has 0 N–H and O–H groups in total. The monoisotopic (exact) mass is 324 g/mol. The molecular weight excluding hydrogens is 315 g/mol. The number of Topliss-reactive ketones (excluding diaryl/α,β-unsaturated/α-hetero) is 1. The summed E-state index contributed by atoms with van der Waals surface area (Å²) < 4.78 is 15.5. The second-order valence-corrected chi connectivity index (χ2v) is 5.34. The van der Waals surface area contributed by atoms with Gasteiger partial charge in [0.15, 0.2) is 0 Å². The van der Waals surface area contributed by atoms with E-state index in [1.807, 2.05) is 6.07 Å². The maximum atomic E-state index is 14.2. The van der Waals surface area contributed by atoms with Crippen molar-refractivity contribution in [2.24, 2.45) is 0 Å². The van der Waals surface area contributed by atoms with E-state index in [2.05, 4.69) is 10.1 Å². The van der Waals surface area contributed by atoms with E-state index in [1.165, 1.54) is 46.9 Å². The van der Waals surface area contributed by atoms with Gasteiger partial charge in [-0.25, -0.2) is 14.1 Å². The van der Waals surface area contributed by atoms with Gasteiger partial charge in [-0.1, -0.05) is 6.07 Å². The molecule has 0 aliphatic rings. The third kappa shape index (κ3) is 3.07. The molecule has 3 rings (SSSR count). The number of hydrogen-bond acceptors (Lipinski definition) is 5. The SMILES string of the molecule is N#CC(=Cc1ccc(-n2cncn2)c(F)c1)C(=O)c1ccsc1. The third-order valence-electron chi connectivity index (χ3n) is 3.10. The number of carbonyl (C=O) groups is 1. The van der Waals surface area contributed by atoms with Crippen LogP contribution in [0.1, 0.15) is 15.9 Å². The van der Waals surface area contributed by atoms with Gasteiger partial charge >= 0.3 is 0 Å². The van der Waals surface area contributed by atoms with Crippen molar-refractivity contribution < 1.29 is 9.18 Å². The Morgan fingerprint density at radius 2 is 2.26 bits per heavy atom. The number of thiophene rings is 1. The fraction of sp³-hybridized carbons (Fsp3) is 0. The zero-order chi connectivity index (χ0) is 16.2. The van der Waals surface area contributed by atoms with Crippen molar-refractivity contribution in [2.75, 3.05) is 0 Å². The molecule has 2 aromatic heterocycles. The number of aromatic nitrogens is 3. The lowest BCUT2D eigenvalue weighted by molar-refractivity contribution is 0.104. The summed E-state index contributed by atoms with van der Waals surface area (Å²) in [6, 6.07) is 7.88. The van der Waals surface area contributed by atoms with Crippen LogP contribution in [0.15, 0.2) is 53.3 Å².